The number of amidine groups is 1. The molecule has 3 rings (SSSR count). The van der Waals surface area contributed by atoms with Gasteiger partial charge >= 0.3 is 6.09 Å². The predicted octanol–water partition coefficient (Wildman–Crippen LogP) is 3.77. The van der Waals surface area contributed by atoms with Crippen molar-refractivity contribution in [1.29, 1.82) is 0 Å². The van der Waals surface area contributed by atoms with E-state index in [-0.39, 0.29) is 4.90 Å². The normalized spacial score (nSPS) is 11.7. The predicted molar refractivity (Wildman–Crippen MR) is 141 cm³/mol. The molecule has 0 bridgehead atoms. The summed E-state index contributed by atoms with van der Waals surface area (Å²) in [6.07, 6.45) is 0.610. The SMILES string of the molecule is CCC(=S)N=C(N)c1cccc(CCNC(=O)Oc2ccc(-c3ccccc3S(N)(=O)=O)cc2)c1. The quantitative estimate of drug-likeness (QED) is 0.240. The molecule has 0 fully saturated rings. The molecule has 0 aromatic heterocycles. The number of ether oxygens (including phenoxy) is 1. The van der Waals surface area contributed by atoms with Crippen molar-refractivity contribution in [1.82, 2.24) is 5.32 Å². The third-order valence-corrected chi connectivity index (χ3v) is 6.37. The van der Waals surface area contributed by atoms with Gasteiger partial charge in [-0.1, -0.05) is 67.7 Å². The number of nitrogens with two attached hydrogens (primary N) is 2. The number of benzene rings is 3. The first-order valence-corrected chi connectivity index (χ1v) is 12.8. The summed E-state index contributed by atoms with van der Waals surface area (Å²) in [7, 11) is -3.87. The van der Waals surface area contributed by atoms with Gasteiger partial charge in [0.2, 0.25) is 10.0 Å². The highest BCUT2D eigenvalue weighted by molar-refractivity contribution is 7.89. The Bertz CT molecular complexity index is 1350. The molecule has 0 saturated heterocycles. The number of aliphatic imine (C=N–C) groups is 1. The summed E-state index contributed by atoms with van der Waals surface area (Å²) in [4.78, 5) is 17.0. The van der Waals surface area contributed by atoms with Crippen molar-refractivity contribution < 1.29 is 17.9 Å². The lowest BCUT2D eigenvalue weighted by Crippen LogP contribution is -2.28. The van der Waals surface area contributed by atoms with E-state index in [2.05, 4.69) is 10.3 Å². The summed E-state index contributed by atoms with van der Waals surface area (Å²) in [5, 5.41) is 8.01. The Hall–Kier alpha value is -3.60. The molecule has 0 unspecified atom stereocenters. The Labute approximate surface area is 210 Å². The Morgan fingerprint density at radius 2 is 1.77 bits per heavy atom. The van der Waals surface area contributed by atoms with Crippen molar-refractivity contribution in [3.63, 3.8) is 0 Å². The number of thiocarbonyl (C=S) groups is 1. The molecule has 0 heterocycles. The first kappa shape index (κ1) is 26.0. The largest absolute Gasteiger partial charge is 0.412 e. The zero-order valence-electron chi connectivity index (χ0n) is 19.1. The topological polar surface area (TPSA) is 137 Å². The van der Waals surface area contributed by atoms with Gasteiger partial charge in [0, 0.05) is 17.7 Å². The van der Waals surface area contributed by atoms with E-state index in [9.17, 15) is 13.2 Å². The lowest BCUT2D eigenvalue weighted by Gasteiger charge is -2.10. The Kier molecular flexibility index (Phi) is 8.69. The molecule has 0 spiro atoms. The number of carbonyl (C=O) groups excluding carboxylic acids is 1. The van der Waals surface area contributed by atoms with Crippen LogP contribution in [-0.2, 0) is 16.4 Å². The maximum atomic E-state index is 12.2. The van der Waals surface area contributed by atoms with Crippen LogP contribution in [0, 0.1) is 0 Å². The van der Waals surface area contributed by atoms with Crippen LogP contribution in [0.2, 0.25) is 0 Å². The fourth-order valence-electron chi connectivity index (χ4n) is 3.27. The molecule has 0 aliphatic rings. The molecular weight excluding hydrogens is 484 g/mol. The van der Waals surface area contributed by atoms with Crippen LogP contribution in [0.4, 0.5) is 4.79 Å². The van der Waals surface area contributed by atoms with E-state index >= 15 is 0 Å². The summed E-state index contributed by atoms with van der Waals surface area (Å²) >= 11 is 5.11. The summed E-state index contributed by atoms with van der Waals surface area (Å²) in [5.41, 5.74) is 8.86. The fourth-order valence-corrected chi connectivity index (χ4v) is 4.13. The van der Waals surface area contributed by atoms with Gasteiger partial charge in [0.05, 0.1) is 4.90 Å². The standard InChI is InChI=1S/C25H26N4O4S2/c1-2-23(34)29-24(26)19-7-5-6-17(16-19)14-15-28-25(30)33-20-12-10-18(11-13-20)21-8-3-4-9-22(21)35(27,31)32/h3-13,16H,2,14-15H2,1H3,(H,28,30)(H2,26,29,34)(H2,27,31,32). The summed E-state index contributed by atoms with van der Waals surface area (Å²) < 4.78 is 29.0. The van der Waals surface area contributed by atoms with Gasteiger partial charge in [-0.2, -0.15) is 0 Å². The number of hydrogen-bond donors (Lipinski definition) is 3. The van der Waals surface area contributed by atoms with Gasteiger partial charge in [-0.25, -0.2) is 23.3 Å². The molecule has 5 N–H and O–H groups in total. The highest BCUT2D eigenvalue weighted by Crippen LogP contribution is 2.28. The minimum absolute atomic E-state index is 0.0246. The van der Waals surface area contributed by atoms with Crippen LogP contribution in [0.25, 0.3) is 11.1 Å². The molecule has 0 aliphatic heterocycles. The van der Waals surface area contributed by atoms with Crippen molar-refractivity contribution in [2.75, 3.05) is 6.54 Å². The number of primary sulfonamides is 1. The van der Waals surface area contributed by atoms with Crippen molar-refractivity contribution in [2.24, 2.45) is 15.9 Å². The molecule has 182 valence electrons. The number of nitrogens with one attached hydrogen (secondary N) is 1. The van der Waals surface area contributed by atoms with Crippen LogP contribution >= 0.6 is 12.2 Å². The summed E-state index contributed by atoms with van der Waals surface area (Å²) in [6.45, 7) is 2.27. The van der Waals surface area contributed by atoms with E-state index in [1.165, 1.54) is 6.07 Å². The molecule has 35 heavy (non-hydrogen) atoms. The average Bonchev–Trinajstić information content (AvgIpc) is 2.84. The van der Waals surface area contributed by atoms with Gasteiger partial charge < -0.3 is 15.8 Å². The van der Waals surface area contributed by atoms with Gasteiger partial charge in [-0.15, -0.1) is 0 Å². The Balaban J connectivity index is 1.57. The summed E-state index contributed by atoms with van der Waals surface area (Å²) in [6, 6.07) is 20.5. The zero-order chi connectivity index (χ0) is 25.4. The minimum atomic E-state index is -3.87. The third kappa shape index (κ3) is 7.44. The van der Waals surface area contributed by atoms with Crippen LogP contribution in [0.3, 0.4) is 0 Å². The maximum absolute atomic E-state index is 12.2. The lowest BCUT2D eigenvalue weighted by atomic mass is 10.1. The first-order valence-electron chi connectivity index (χ1n) is 10.8. The molecule has 0 radical (unpaired) electrons. The number of rotatable bonds is 8. The Morgan fingerprint density at radius 1 is 1.06 bits per heavy atom. The fraction of sp³-hybridized carbons (Fsp3) is 0.160. The van der Waals surface area contributed by atoms with Crippen LogP contribution in [0.1, 0.15) is 24.5 Å². The average molecular weight is 511 g/mol. The molecule has 8 nitrogen and oxygen atoms in total. The molecule has 3 aromatic rings. The number of carbonyl (C=O) groups is 1. The van der Waals surface area contributed by atoms with Gasteiger partial charge in [0.1, 0.15) is 16.6 Å². The van der Waals surface area contributed by atoms with Crippen molar-refractivity contribution in [2.45, 2.75) is 24.7 Å². The van der Waals surface area contributed by atoms with E-state index in [1.54, 1.807) is 42.5 Å². The van der Waals surface area contributed by atoms with Crippen molar-refractivity contribution >= 4 is 39.2 Å². The second-order valence-electron chi connectivity index (χ2n) is 7.58. The molecule has 10 heteroatoms. The molecule has 1 amide bonds. The van der Waals surface area contributed by atoms with Gasteiger partial charge in [-0.05, 0) is 48.2 Å². The second kappa shape index (κ2) is 11.7. The third-order valence-electron chi connectivity index (χ3n) is 5.02. The molecule has 0 atom stereocenters. The first-order chi connectivity index (χ1) is 16.7. The number of amides is 1. The summed E-state index contributed by atoms with van der Waals surface area (Å²) in [5.74, 6) is 0.679. The molecular formula is C25H26N4O4S2. The molecule has 0 saturated carbocycles. The number of sulfonamides is 1. The minimum Gasteiger partial charge on any atom is -0.410 e. The van der Waals surface area contributed by atoms with Crippen LogP contribution < -0.4 is 20.9 Å². The number of nitrogens with zero attached hydrogens (tertiary/aromatic N) is 1. The smallest absolute Gasteiger partial charge is 0.410 e. The van der Waals surface area contributed by atoms with E-state index in [0.29, 0.717) is 47.1 Å². The van der Waals surface area contributed by atoms with Crippen LogP contribution in [-0.4, -0.2) is 31.9 Å². The molecule has 0 aliphatic carbocycles. The second-order valence-corrected chi connectivity index (χ2v) is 9.58. The van der Waals surface area contributed by atoms with Crippen LogP contribution in [0.5, 0.6) is 5.75 Å². The molecule has 3 aromatic carbocycles. The van der Waals surface area contributed by atoms with E-state index in [4.69, 9.17) is 27.8 Å². The van der Waals surface area contributed by atoms with Gasteiger partial charge in [0.25, 0.3) is 0 Å². The van der Waals surface area contributed by atoms with E-state index in [1.807, 2.05) is 31.2 Å². The van der Waals surface area contributed by atoms with E-state index < -0.39 is 16.1 Å². The highest BCUT2D eigenvalue weighted by atomic mass is 32.2. The van der Waals surface area contributed by atoms with Gasteiger partial charge in [0.15, 0.2) is 0 Å². The highest BCUT2D eigenvalue weighted by Gasteiger charge is 2.14. The van der Waals surface area contributed by atoms with Crippen LogP contribution in [0.15, 0.2) is 82.7 Å². The lowest BCUT2D eigenvalue weighted by molar-refractivity contribution is 0.200. The number of hydrogen-bond acceptors (Lipinski definition) is 5. The zero-order valence-corrected chi connectivity index (χ0v) is 20.7. The van der Waals surface area contributed by atoms with Crippen molar-refractivity contribution in [3.05, 3.63) is 83.9 Å². The van der Waals surface area contributed by atoms with E-state index in [0.717, 1.165) is 11.1 Å². The monoisotopic (exact) mass is 510 g/mol. The van der Waals surface area contributed by atoms with Crippen molar-refractivity contribution in [3.8, 4) is 16.9 Å². The maximum Gasteiger partial charge on any atom is 0.412 e. The Morgan fingerprint density at radius 3 is 2.46 bits per heavy atom. The van der Waals surface area contributed by atoms with Gasteiger partial charge in [-0.3, -0.25) is 0 Å².